The van der Waals surface area contributed by atoms with Crippen molar-refractivity contribution in [1.29, 1.82) is 0 Å². The SMILES string of the molecule is CC(=O)N[C@H]1[C@@H](O[C@H](C)[C@H](NC(=O)[C@H](C)NC(=O)OCc2ccccc2)C(=O)N2CCC[C@H]2C(=O)OC(C)(C)C)O[C@H](COC(C)=O)[C@H](OC(C)=O)[C@@H]1OC(C)=O. The first-order valence-corrected chi connectivity index (χ1v) is 18.5. The fourth-order valence-corrected chi connectivity index (χ4v) is 6.19. The Morgan fingerprint density at radius 2 is 1.49 bits per heavy atom. The molecule has 19 nitrogen and oxygen atoms in total. The molecule has 2 aliphatic heterocycles. The number of amides is 4. The van der Waals surface area contributed by atoms with E-state index >= 15 is 0 Å². The predicted octanol–water partition coefficient (Wildman–Crippen LogP) is 1.18. The zero-order chi connectivity index (χ0) is 42.6. The van der Waals surface area contributed by atoms with E-state index in [0.717, 1.165) is 27.7 Å². The van der Waals surface area contributed by atoms with Gasteiger partial charge in [0.2, 0.25) is 17.7 Å². The number of hydrogen-bond donors (Lipinski definition) is 3. The van der Waals surface area contributed by atoms with Gasteiger partial charge in [-0.2, -0.15) is 0 Å². The van der Waals surface area contributed by atoms with E-state index in [1.807, 2.05) is 0 Å². The Morgan fingerprint density at radius 1 is 0.860 bits per heavy atom. The lowest BCUT2D eigenvalue weighted by molar-refractivity contribution is -0.287. The maximum Gasteiger partial charge on any atom is 0.408 e. The highest BCUT2D eigenvalue weighted by molar-refractivity contribution is 5.93. The number of hydrogen-bond acceptors (Lipinski definition) is 15. The van der Waals surface area contributed by atoms with E-state index in [2.05, 4.69) is 16.0 Å². The molecule has 19 heteroatoms. The van der Waals surface area contributed by atoms with Gasteiger partial charge in [0.05, 0.1) is 6.10 Å². The number of alkyl carbamates (subject to hydrolysis) is 1. The van der Waals surface area contributed by atoms with E-state index in [-0.39, 0.29) is 19.6 Å². The largest absolute Gasteiger partial charge is 0.463 e. The average molecular weight is 807 g/mol. The topological polar surface area (TPSA) is 240 Å². The monoisotopic (exact) mass is 806 g/mol. The molecule has 316 valence electrons. The van der Waals surface area contributed by atoms with E-state index < -0.39 is 115 Å². The minimum atomic E-state index is -1.60. The molecule has 0 bridgehead atoms. The van der Waals surface area contributed by atoms with Crippen LogP contribution < -0.4 is 16.0 Å². The normalized spacial score (nSPS) is 23.4. The molecule has 2 aliphatic rings. The Balaban J connectivity index is 1.97. The third-order valence-electron chi connectivity index (χ3n) is 8.61. The maximum atomic E-state index is 14.4. The maximum absolute atomic E-state index is 14.4. The summed E-state index contributed by atoms with van der Waals surface area (Å²) in [6, 6.07) is 3.63. The number of nitrogens with zero attached hydrogens (tertiary/aromatic N) is 1. The summed E-state index contributed by atoms with van der Waals surface area (Å²) < 4.78 is 39.3. The van der Waals surface area contributed by atoms with Crippen LogP contribution in [0.4, 0.5) is 4.79 Å². The minimum absolute atomic E-state index is 0.0734. The van der Waals surface area contributed by atoms with Gasteiger partial charge in [-0.05, 0) is 53.0 Å². The van der Waals surface area contributed by atoms with E-state index in [9.17, 15) is 38.4 Å². The second-order valence-corrected chi connectivity index (χ2v) is 14.7. The van der Waals surface area contributed by atoms with Crippen molar-refractivity contribution in [2.45, 2.75) is 142 Å². The van der Waals surface area contributed by atoms with Crippen molar-refractivity contribution in [1.82, 2.24) is 20.9 Å². The van der Waals surface area contributed by atoms with Crippen LogP contribution in [0.15, 0.2) is 30.3 Å². The molecule has 9 atom stereocenters. The molecule has 0 saturated carbocycles. The molecule has 2 saturated heterocycles. The van der Waals surface area contributed by atoms with Crippen LogP contribution in [0.2, 0.25) is 0 Å². The van der Waals surface area contributed by atoms with Gasteiger partial charge in [-0.1, -0.05) is 30.3 Å². The van der Waals surface area contributed by atoms with E-state index in [0.29, 0.717) is 12.0 Å². The molecule has 3 rings (SSSR count). The van der Waals surface area contributed by atoms with Crippen molar-refractivity contribution >= 4 is 47.7 Å². The number of likely N-dealkylation sites (tertiary alicyclic amines) is 1. The summed E-state index contributed by atoms with van der Waals surface area (Å²) in [6.45, 7) is 11.8. The van der Waals surface area contributed by atoms with Crippen LogP contribution in [0.5, 0.6) is 0 Å². The lowest BCUT2D eigenvalue weighted by Gasteiger charge is -2.46. The molecule has 0 spiro atoms. The number of nitrogens with one attached hydrogen (secondary N) is 3. The molecule has 2 heterocycles. The Morgan fingerprint density at radius 3 is 2.07 bits per heavy atom. The Hall–Kier alpha value is -5.30. The van der Waals surface area contributed by atoms with Crippen molar-refractivity contribution in [2.24, 2.45) is 0 Å². The number of ether oxygens (including phenoxy) is 7. The molecule has 0 unspecified atom stereocenters. The van der Waals surface area contributed by atoms with Gasteiger partial charge in [0, 0.05) is 34.2 Å². The highest BCUT2D eigenvalue weighted by Gasteiger charge is 2.52. The summed E-state index contributed by atoms with van der Waals surface area (Å²) in [5.74, 6) is -5.24. The zero-order valence-electron chi connectivity index (χ0n) is 33.7. The zero-order valence-corrected chi connectivity index (χ0v) is 33.7. The smallest absolute Gasteiger partial charge is 0.408 e. The van der Waals surface area contributed by atoms with Crippen molar-refractivity contribution in [3.8, 4) is 0 Å². The van der Waals surface area contributed by atoms with Gasteiger partial charge in [0.15, 0.2) is 18.5 Å². The van der Waals surface area contributed by atoms with Gasteiger partial charge in [-0.15, -0.1) is 0 Å². The number of esters is 4. The first-order valence-electron chi connectivity index (χ1n) is 18.5. The van der Waals surface area contributed by atoms with Gasteiger partial charge in [0.1, 0.15) is 49.1 Å². The number of benzene rings is 1. The Bertz CT molecular complexity index is 1620. The van der Waals surface area contributed by atoms with Gasteiger partial charge < -0.3 is 54.0 Å². The Kier molecular flexibility index (Phi) is 16.8. The lowest BCUT2D eigenvalue weighted by Crippen LogP contribution is -2.68. The van der Waals surface area contributed by atoms with Crippen molar-refractivity contribution in [2.75, 3.05) is 13.2 Å². The van der Waals surface area contributed by atoms with Crippen LogP contribution in [0.1, 0.15) is 80.7 Å². The molecule has 0 aromatic heterocycles. The summed E-state index contributed by atoms with van der Waals surface area (Å²) in [5, 5.41) is 7.61. The van der Waals surface area contributed by atoms with Crippen molar-refractivity contribution < 1.29 is 71.5 Å². The molecule has 0 radical (unpaired) electrons. The second-order valence-electron chi connectivity index (χ2n) is 14.7. The average Bonchev–Trinajstić information content (AvgIpc) is 3.61. The van der Waals surface area contributed by atoms with Crippen LogP contribution in [0.25, 0.3) is 0 Å². The first kappa shape index (κ1) is 46.1. The number of carbonyl (C=O) groups excluding carboxylic acids is 8. The fraction of sp³-hybridized carbons (Fsp3) is 0.632. The molecule has 0 aliphatic carbocycles. The number of carbonyl (C=O) groups is 8. The second kappa shape index (κ2) is 20.7. The third kappa shape index (κ3) is 14.3. The van der Waals surface area contributed by atoms with E-state index in [1.165, 1.54) is 18.7 Å². The molecule has 57 heavy (non-hydrogen) atoms. The molecular weight excluding hydrogens is 752 g/mol. The van der Waals surface area contributed by atoms with E-state index in [4.69, 9.17) is 33.2 Å². The lowest BCUT2D eigenvalue weighted by atomic mass is 9.95. The van der Waals surface area contributed by atoms with Crippen LogP contribution >= 0.6 is 0 Å². The van der Waals surface area contributed by atoms with Crippen molar-refractivity contribution in [3.05, 3.63) is 35.9 Å². The summed E-state index contributed by atoms with van der Waals surface area (Å²) in [5.41, 5.74) is -0.157. The minimum Gasteiger partial charge on any atom is -0.463 e. The highest BCUT2D eigenvalue weighted by Crippen LogP contribution is 2.30. The van der Waals surface area contributed by atoms with Crippen LogP contribution in [-0.4, -0.2) is 126 Å². The van der Waals surface area contributed by atoms with Gasteiger partial charge in [-0.3, -0.25) is 28.8 Å². The van der Waals surface area contributed by atoms with Gasteiger partial charge in [-0.25, -0.2) is 9.59 Å². The molecule has 2 fully saturated rings. The third-order valence-corrected chi connectivity index (χ3v) is 8.61. The predicted molar refractivity (Wildman–Crippen MR) is 196 cm³/mol. The fourth-order valence-electron chi connectivity index (χ4n) is 6.19. The van der Waals surface area contributed by atoms with Gasteiger partial charge >= 0.3 is 30.0 Å². The molecule has 4 amide bonds. The Labute approximate surface area is 331 Å². The van der Waals surface area contributed by atoms with Crippen molar-refractivity contribution in [3.63, 3.8) is 0 Å². The van der Waals surface area contributed by atoms with Crippen LogP contribution in [0.3, 0.4) is 0 Å². The number of rotatable bonds is 15. The van der Waals surface area contributed by atoms with E-state index in [1.54, 1.807) is 51.1 Å². The van der Waals surface area contributed by atoms with Gasteiger partial charge in [0.25, 0.3) is 0 Å². The van der Waals surface area contributed by atoms with Crippen LogP contribution in [0, 0.1) is 0 Å². The summed E-state index contributed by atoms with van der Waals surface area (Å²) in [6.07, 6.45) is -7.35. The first-order chi connectivity index (χ1) is 26.7. The molecular formula is C38H54N4O15. The summed E-state index contributed by atoms with van der Waals surface area (Å²) >= 11 is 0. The summed E-state index contributed by atoms with van der Waals surface area (Å²) in [7, 11) is 0. The molecule has 1 aromatic carbocycles. The quantitative estimate of drug-likeness (QED) is 0.167. The standard InChI is InChI=1S/C38H54N4O15/c1-20(39-37(50)52-18-26-14-11-10-12-15-26)33(47)41-29(34(48)42-17-13-16-27(42)35(49)57-38(7,8)9)21(2)53-36-30(40-22(3)43)32(55-25(6)46)31(54-24(5)45)28(56-36)19-51-23(4)44/h10-12,14-15,20-21,27-32,36H,13,16-19H2,1-9H3,(H,39,50)(H,40,43)(H,41,47)/t20-,21+,27-,28+,29-,30+,31-,32+,36-/m0/s1. The van der Waals surface area contributed by atoms with Crippen LogP contribution in [-0.2, 0) is 73.3 Å². The molecule has 1 aromatic rings. The molecule has 3 N–H and O–H groups in total. The summed E-state index contributed by atoms with van der Waals surface area (Å²) in [4.78, 5) is 104. The highest BCUT2D eigenvalue weighted by atomic mass is 16.7.